The lowest BCUT2D eigenvalue weighted by Gasteiger charge is -2.19. The highest BCUT2D eigenvalue weighted by Gasteiger charge is 2.24. The molecule has 0 fully saturated rings. The van der Waals surface area contributed by atoms with Gasteiger partial charge in [-0.3, -0.25) is 0 Å². The van der Waals surface area contributed by atoms with Crippen LogP contribution in [0.2, 0.25) is 0 Å². The first-order valence-corrected chi connectivity index (χ1v) is 9.46. The van der Waals surface area contributed by atoms with E-state index in [0.29, 0.717) is 11.3 Å². The molecule has 0 aliphatic carbocycles. The molecule has 8 heteroatoms. The van der Waals surface area contributed by atoms with Gasteiger partial charge >= 0.3 is 0 Å². The van der Waals surface area contributed by atoms with Gasteiger partial charge in [-0.25, -0.2) is 16.8 Å². The van der Waals surface area contributed by atoms with E-state index in [2.05, 4.69) is 0 Å². The fourth-order valence-electron chi connectivity index (χ4n) is 1.70. The van der Waals surface area contributed by atoms with Crippen molar-refractivity contribution >= 4 is 25.5 Å². The Bertz CT molecular complexity index is 709. The molecule has 0 spiro atoms. The summed E-state index contributed by atoms with van der Waals surface area (Å²) in [4.78, 5) is 0.117. The van der Waals surface area contributed by atoms with Crippen LogP contribution >= 0.6 is 0 Å². The third-order valence-electron chi connectivity index (χ3n) is 3.11. The molecule has 1 rings (SSSR count). The zero-order chi connectivity index (χ0) is 15.7. The molecule has 0 atom stereocenters. The maximum Gasteiger partial charge on any atom is 0.243 e. The normalized spacial score (nSPS) is 12.8. The molecule has 0 aliphatic rings. The highest BCUT2D eigenvalue weighted by atomic mass is 32.2. The Kier molecular flexibility index (Phi) is 4.83. The summed E-state index contributed by atoms with van der Waals surface area (Å²) in [5.41, 5.74) is 7.45. The number of anilines is 1. The molecule has 0 bridgehead atoms. The SMILES string of the molecule is Cc1cc(N)cc(S(=O)(=O)N(C)CCS(C)(=O)=O)c1C. The smallest absolute Gasteiger partial charge is 0.243 e. The maximum atomic E-state index is 12.4. The molecule has 1 aromatic carbocycles. The Hall–Kier alpha value is -1.12. The van der Waals surface area contributed by atoms with Gasteiger partial charge in [0.25, 0.3) is 0 Å². The summed E-state index contributed by atoms with van der Waals surface area (Å²) in [5.74, 6) is -0.219. The van der Waals surface area contributed by atoms with E-state index in [9.17, 15) is 16.8 Å². The number of nitrogen functional groups attached to an aromatic ring is 1. The number of nitrogens with zero attached hydrogens (tertiary/aromatic N) is 1. The summed E-state index contributed by atoms with van der Waals surface area (Å²) >= 11 is 0. The molecular weight excluding hydrogens is 300 g/mol. The summed E-state index contributed by atoms with van der Waals surface area (Å²) in [6.07, 6.45) is 1.07. The lowest BCUT2D eigenvalue weighted by atomic mass is 10.1. The third kappa shape index (κ3) is 3.94. The van der Waals surface area contributed by atoms with E-state index in [1.54, 1.807) is 19.9 Å². The van der Waals surface area contributed by atoms with E-state index < -0.39 is 19.9 Å². The topological polar surface area (TPSA) is 97.5 Å². The minimum atomic E-state index is -3.75. The molecule has 0 saturated carbocycles. The molecule has 0 saturated heterocycles. The summed E-state index contributed by atoms with van der Waals surface area (Å²) in [7, 11) is -5.61. The average molecular weight is 320 g/mol. The van der Waals surface area contributed by atoms with Crippen molar-refractivity contribution in [2.45, 2.75) is 18.7 Å². The van der Waals surface area contributed by atoms with E-state index in [0.717, 1.165) is 16.1 Å². The highest BCUT2D eigenvalue weighted by Crippen LogP contribution is 2.24. The Balaban J connectivity index is 3.17. The molecule has 0 aliphatic heterocycles. The van der Waals surface area contributed by atoms with Crippen LogP contribution in [0, 0.1) is 13.8 Å². The minimum absolute atomic E-state index is 0.0888. The molecule has 1 aromatic rings. The van der Waals surface area contributed by atoms with Crippen LogP contribution in [0.3, 0.4) is 0 Å². The number of sulfonamides is 1. The number of benzene rings is 1. The molecule has 0 amide bonds. The molecule has 2 N–H and O–H groups in total. The third-order valence-corrected chi connectivity index (χ3v) is 6.01. The van der Waals surface area contributed by atoms with Gasteiger partial charge in [-0.05, 0) is 37.1 Å². The molecule has 20 heavy (non-hydrogen) atoms. The number of rotatable bonds is 5. The van der Waals surface area contributed by atoms with Gasteiger partial charge < -0.3 is 5.73 Å². The summed E-state index contributed by atoms with van der Waals surface area (Å²) < 4.78 is 48.2. The minimum Gasteiger partial charge on any atom is -0.399 e. The van der Waals surface area contributed by atoms with Crippen LogP contribution in [0.4, 0.5) is 5.69 Å². The Morgan fingerprint density at radius 1 is 1.15 bits per heavy atom. The zero-order valence-electron chi connectivity index (χ0n) is 12.0. The van der Waals surface area contributed by atoms with E-state index >= 15 is 0 Å². The van der Waals surface area contributed by atoms with Gasteiger partial charge in [0, 0.05) is 25.5 Å². The molecule has 0 aromatic heterocycles. The van der Waals surface area contributed by atoms with Crippen LogP contribution in [0.5, 0.6) is 0 Å². The predicted octanol–water partition coefficient (Wildman–Crippen LogP) is 0.551. The highest BCUT2D eigenvalue weighted by molar-refractivity contribution is 7.91. The van der Waals surface area contributed by atoms with Gasteiger partial charge in [0.2, 0.25) is 10.0 Å². The standard InChI is InChI=1S/C12H20N2O4S2/c1-9-7-11(13)8-12(10(9)2)20(17,18)14(3)5-6-19(4,15)16/h7-8H,5-6,13H2,1-4H3. The second-order valence-corrected chi connectivity index (χ2v) is 9.19. The molecule has 6 nitrogen and oxygen atoms in total. The van der Waals surface area contributed by atoms with Gasteiger partial charge in [-0.15, -0.1) is 0 Å². The predicted molar refractivity (Wildman–Crippen MR) is 79.9 cm³/mol. The molecule has 114 valence electrons. The largest absolute Gasteiger partial charge is 0.399 e. The lowest BCUT2D eigenvalue weighted by molar-refractivity contribution is 0.484. The van der Waals surface area contributed by atoms with Gasteiger partial charge in [0.05, 0.1) is 10.6 Å². The summed E-state index contributed by atoms with van der Waals surface area (Å²) in [6.45, 7) is 3.39. The van der Waals surface area contributed by atoms with Gasteiger partial charge in [0.15, 0.2) is 0 Å². The maximum absolute atomic E-state index is 12.4. The quantitative estimate of drug-likeness (QED) is 0.799. The van der Waals surface area contributed by atoms with E-state index in [1.807, 2.05) is 0 Å². The van der Waals surface area contributed by atoms with Crippen molar-refractivity contribution in [2.24, 2.45) is 0 Å². The molecule has 0 radical (unpaired) electrons. The number of aryl methyl sites for hydroxylation is 1. The molecule has 0 unspecified atom stereocenters. The zero-order valence-corrected chi connectivity index (χ0v) is 13.7. The Labute approximate surface area is 120 Å². The van der Waals surface area contributed by atoms with Crippen molar-refractivity contribution < 1.29 is 16.8 Å². The van der Waals surface area contributed by atoms with Crippen molar-refractivity contribution in [1.82, 2.24) is 4.31 Å². The molecular formula is C12H20N2O4S2. The number of hydrogen-bond donors (Lipinski definition) is 1. The van der Waals surface area contributed by atoms with Gasteiger partial charge in [-0.1, -0.05) is 0 Å². The second kappa shape index (κ2) is 5.71. The van der Waals surface area contributed by atoms with Crippen LogP contribution in [0.15, 0.2) is 17.0 Å². The summed E-state index contributed by atoms with van der Waals surface area (Å²) in [6, 6.07) is 3.10. The van der Waals surface area contributed by atoms with Crippen LogP contribution in [-0.4, -0.2) is 46.7 Å². The lowest BCUT2D eigenvalue weighted by Crippen LogP contribution is -2.32. The number of nitrogens with two attached hydrogens (primary N) is 1. The Morgan fingerprint density at radius 2 is 1.70 bits per heavy atom. The van der Waals surface area contributed by atoms with Crippen molar-refractivity contribution in [1.29, 1.82) is 0 Å². The average Bonchev–Trinajstić information content (AvgIpc) is 2.29. The second-order valence-electron chi connectivity index (χ2n) is 4.92. The first kappa shape index (κ1) is 16.9. The number of sulfone groups is 1. The fraction of sp³-hybridized carbons (Fsp3) is 0.500. The number of hydrogen-bond acceptors (Lipinski definition) is 5. The van der Waals surface area contributed by atoms with Gasteiger partial charge in [-0.2, -0.15) is 4.31 Å². The Morgan fingerprint density at radius 3 is 2.20 bits per heavy atom. The van der Waals surface area contributed by atoms with Crippen LogP contribution < -0.4 is 5.73 Å². The monoisotopic (exact) mass is 320 g/mol. The van der Waals surface area contributed by atoms with Gasteiger partial charge in [0.1, 0.15) is 9.84 Å². The van der Waals surface area contributed by atoms with E-state index in [1.165, 1.54) is 13.1 Å². The fourth-order valence-corrected chi connectivity index (χ4v) is 3.93. The van der Waals surface area contributed by atoms with Crippen LogP contribution in [-0.2, 0) is 19.9 Å². The van der Waals surface area contributed by atoms with Crippen LogP contribution in [0.25, 0.3) is 0 Å². The van der Waals surface area contributed by atoms with E-state index in [-0.39, 0.29) is 17.2 Å². The van der Waals surface area contributed by atoms with Crippen molar-refractivity contribution in [3.05, 3.63) is 23.3 Å². The van der Waals surface area contributed by atoms with E-state index in [4.69, 9.17) is 5.73 Å². The first-order chi connectivity index (χ1) is 8.95. The van der Waals surface area contributed by atoms with Crippen molar-refractivity contribution in [2.75, 3.05) is 31.3 Å². The van der Waals surface area contributed by atoms with Crippen molar-refractivity contribution in [3.63, 3.8) is 0 Å². The molecule has 0 heterocycles. The first-order valence-electron chi connectivity index (χ1n) is 5.96. The summed E-state index contributed by atoms with van der Waals surface area (Å²) in [5, 5.41) is 0. The van der Waals surface area contributed by atoms with Crippen molar-refractivity contribution in [3.8, 4) is 0 Å². The van der Waals surface area contributed by atoms with Crippen LogP contribution in [0.1, 0.15) is 11.1 Å².